The molecule has 3 rings (SSSR count). The van der Waals surface area contributed by atoms with Crippen molar-refractivity contribution < 1.29 is 17.5 Å². The van der Waals surface area contributed by atoms with Crippen LogP contribution in [0.3, 0.4) is 0 Å². The van der Waals surface area contributed by atoms with Crippen molar-refractivity contribution in [1.82, 2.24) is 4.72 Å². The third-order valence-electron chi connectivity index (χ3n) is 4.24. The number of halogens is 1. The first-order chi connectivity index (χ1) is 10.0. The van der Waals surface area contributed by atoms with Crippen molar-refractivity contribution >= 4 is 10.0 Å². The average molecular weight is 313 g/mol. The van der Waals surface area contributed by atoms with Gasteiger partial charge in [0.1, 0.15) is 5.82 Å². The van der Waals surface area contributed by atoms with Crippen LogP contribution in [0.15, 0.2) is 18.2 Å². The molecule has 1 saturated heterocycles. The van der Waals surface area contributed by atoms with E-state index in [1.165, 1.54) is 12.1 Å². The van der Waals surface area contributed by atoms with Crippen LogP contribution >= 0.6 is 0 Å². The van der Waals surface area contributed by atoms with Gasteiger partial charge in [0.25, 0.3) is 0 Å². The monoisotopic (exact) mass is 313 g/mol. The molecular formula is C15H20FNO3S. The zero-order valence-electron chi connectivity index (χ0n) is 11.8. The fourth-order valence-electron chi connectivity index (χ4n) is 3.13. The molecule has 1 aliphatic heterocycles. The van der Waals surface area contributed by atoms with E-state index in [9.17, 15) is 12.8 Å². The number of aryl methyl sites for hydroxylation is 1. The summed E-state index contributed by atoms with van der Waals surface area (Å²) in [5.74, 6) is -0.252. The Balaban J connectivity index is 1.62. The SMILES string of the molecule is O=S(=O)(CC[C@H]1CCCO1)N[C@H]1CCc2ccc(F)cc21. The van der Waals surface area contributed by atoms with E-state index in [2.05, 4.69) is 4.72 Å². The lowest BCUT2D eigenvalue weighted by Crippen LogP contribution is -2.31. The molecule has 0 bridgehead atoms. The van der Waals surface area contributed by atoms with Crippen molar-refractivity contribution in [3.05, 3.63) is 35.1 Å². The molecule has 0 spiro atoms. The van der Waals surface area contributed by atoms with Gasteiger partial charge in [-0.25, -0.2) is 17.5 Å². The van der Waals surface area contributed by atoms with Crippen molar-refractivity contribution in [2.75, 3.05) is 12.4 Å². The lowest BCUT2D eigenvalue weighted by atomic mass is 10.1. The van der Waals surface area contributed by atoms with E-state index in [-0.39, 0.29) is 23.7 Å². The van der Waals surface area contributed by atoms with Crippen LogP contribution in [0.1, 0.15) is 42.9 Å². The van der Waals surface area contributed by atoms with E-state index >= 15 is 0 Å². The number of rotatable bonds is 5. The van der Waals surface area contributed by atoms with E-state index in [1.807, 2.05) is 0 Å². The van der Waals surface area contributed by atoms with Gasteiger partial charge < -0.3 is 4.74 Å². The fourth-order valence-corrected chi connectivity index (χ4v) is 4.50. The number of hydrogen-bond donors (Lipinski definition) is 1. The molecule has 0 radical (unpaired) electrons. The third kappa shape index (κ3) is 3.62. The Morgan fingerprint density at radius 2 is 2.19 bits per heavy atom. The highest BCUT2D eigenvalue weighted by Crippen LogP contribution is 2.32. The molecule has 1 N–H and O–H groups in total. The average Bonchev–Trinajstić information content (AvgIpc) is 3.07. The van der Waals surface area contributed by atoms with Crippen molar-refractivity contribution in [2.24, 2.45) is 0 Å². The van der Waals surface area contributed by atoms with E-state index in [4.69, 9.17) is 4.74 Å². The molecular weight excluding hydrogens is 293 g/mol. The quantitative estimate of drug-likeness (QED) is 0.907. The van der Waals surface area contributed by atoms with Crippen molar-refractivity contribution in [1.29, 1.82) is 0 Å². The van der Waals surface area contributed by atoms with E-state index < -0.39 is 10.0 Å². The molecule has 2 aliphatic rings. The second-order valence-electron chi connectivity index (χ2n) is 5.79. The third-order valence-corrected chi connectivity index (χ3v) is 5.66. The number of benzene rings is 1. The Labute approximate surface area is 124 Å². The minimum Gasteiger partial charge on any atom is -0.378 e. The van der Waals surface area contributed by atoms with Gasteiger partial charge in [-0.3, -0.25) is 0 Å². The van der Waals surface area contributed by atoms with Crippen LogP contribution < -0.4 is 4.72 Å². The van der Waals surface area contributed by atoms with Crippen molar-refractivity contribution in [2.45, 2.75) is 44.2 Å². The summed E-state index contributed by atoms with van der Waals surface area (Å²) in [5, 5.41) is 0. The summed E-state index contributed by atoms with van der Waals surface area (Å²) in [6.45, 7) is 0.730. The van der Waals surface area contributed by atoms with Gasteiger partial charge in [-0.05, 0) is 55.4 Å². The minimum atomic E-state index is -3.36. The molecule has 0 saturated carbocycles. The summed E-state index contributed by atoms with van der Waals surface area (Å²) >= 11 is 0. The van der Waals surface area contributed by atoms with Crippen molar-refractivity contribution in [3.63, 3.8) is 0 Å². The van der Waals surface area contributed by atoms with Crippen LogP contribution in [0.4, 0.5) is 4.39 Å². The number of sulfonamides is 1. The number of nitrogens with one attached hydrogen (secondary N) is 1. The molecule has 2 atom stereocenters. The van der Waals surface area contributed by atoms with Crippen molar-refractivity contribution in [3.8, 4) is 0 Å². The molecule has 21 heavy (non-hydrogen) atoms. The zero-order valence-corrected chi connectivity index (χ0v) is 12.7. The molecule has 0 amide bonds. The molecule has 1 heterocycles. The highest BCUT2D eigenvalue weighted by Gasteiger charge is 2.27. The number of fused-ring (bicyclic) bond motifs is 1. The first-order valence-corrected chi connectivity index (χ1v) is 9.09. The van der Waals surface area contributed by atoms with Gasteiger partial charge in [-0.15, -0.1) is 0 Å². The fraction of sp³-hybridized carbons (Fsp3) is 0.600. The Kier molecular flexibility index (Phi) is 4.28. The van der Waals surface area contributed by atoms with Crippen LogP contribution in [0, 0.1) is 5.82 Å². The maximum atomic E-state index is 13.3. The van der Waals surface area contributed by atoms with E-state index in [1.54, 1.807) is 6.07 Å². The summed E-state index contributed by atoms with van der Waals surface area (Å²) < 4.78 is 45.8. The largest absolute Gasteiger partial charge is 0.378 e. The maximum Gasteiger partial charge on any atom is 0.212 e. The van der Waals surface area contributed by atoms with Gasteiger partial charge >= 0.3 is 0 Å². The van der Waals surface area contributed by atoms with E-state index in [0.717, 1.165) is 37.0 Å². The van der Waals surface area contributed by atoms with E-state index in [0.29, 0.717) is 12.8 Å². The predicted molar refractivity (Wildman–Crippen MR) is 78.0 cm³/mol. The summed E-state index contributed by atoms with van der Waals surface area (Å²) in [4.78, 5) is 0. The van der Waals surface area contributed by atoms with Crippen LogP contribution in [0.2, 0.25) is 0 Å². The predicted octanol–water partition coefficient (Wildman–Crippen LogP) is 2.30. The lowest BCUT2D eigenvalue weighted by Gasteiger charge is -2.16. The maximum absolute atomic E-state index is 13.3. The van der Waals surface area contributed by atoms with Gasteiger partial charge in [0.05, 0.1) is 11.9 Å². The minimum absolute atomic E-state index is 0.0647. The molecule has 1 aromatic rings. The highest BCUT2D eigenvalue weighted by molar-refractivity contribution is 7.89. The number of hydrogen-bond acceptors (Lipinski definition) is 3. The topological polar surface area (TPSA) is 55.4 Å². The van der Waals surface area contributed by atoms with Crippen LogP contribution in [0.5, 0.6) is 0 Å². The second kappa shape index (κ2) is 6.02. The molecule has 0 unspecified atom stereocenters. The van der Waals surface area contributed by atoms with Gasteiger partial charge in [-0.2, -0.15) is 0 Å². The standard InChI is InChI=1S/C15H20FNO3S/c16-12-5-3-11-4-6-15(14(11)10-12)17-21(18,19)9-7-13-2-1-8-20-13/h3,5,10,13,15,17H,1-2,4,6-9H2/t13-,15+/m1/s1. The number of ether oxygens (including phenoxy) is 1. The zero-order chi connectivity index (χ0) is 14.9. The Morgan fingerprint density at radius 3 is 2.95 bits per heavy atom. The first kappa shape index (κ1) is 14.9. The van der Waals surface area contributed by atoms with Crippen LogP contribution in [-0.4, -0.2) is 26.9 Å². The molecule has 1 fully saturated rings. The normalized spacial score (nSPS) is 25.2. The van der Waals surface area contributed by atoms with Gasteiger partial charge in [0.2, 0.25) is 10.0 Å². The highest BCUT2D eigenvalue weighted by atomic mass is 32.2. The van der Waals surface area contributed by atoms with Gasteiger partial charge in [0.15, 0.2) is 0 Å². The Morgan fingerprint density at radius 1 is 1.33 bits per heavy atom. The van der Waals surface area contributed by atoms with Gasteiger partial charge in [0, 0.05) is 12.6 Å². The molecule has 4 nitrogen and oxygen atoms in total. The van der Waals surface area contributed by atoms with Gasteiger partial charge in [-0.1, -0.05) is 6.07 Å². The molecule has 1 aromatic carbocycles. The van der Waals surface area contributed by atoms with Crippen LogP contribution in [-0.2, 0) is 21.2 Å². The summed E-state index contributed by atoms with van der Waals surface area (Å²) in [5.41, 5.74) is 1.80. The molecule has 116 valence electrons. The lowest BCUT2D eigenvalue weighted by molar-refractivity contribution is 0.108. The molecule has 6 heteroatoms. The first-order valence-electron chi connectivity index (χ1n) is 7.43. The molecule has 1 aliphatic carbocycles. The summed E-state index contributed by atoms with van der Waals surface area (Å²) in [7, 11) is -3.36. The van der Waals surface area contributed by atoms with Crippen LogP contribution in [0.25, 0.3) is 0 Å². The summed E-state index contributed by atoms with van der Waals surface area (Å²) in [6.07, 6.45) is 4.01. The smallest absolute Gasteiger partial charge is 0.212 e. The Hall–Kier alpha value is -0.980. The molecule has 0 aromatic heterocycles. The Bertz CT molecular complexity index is 611. The second-order valence-corrected chi connectivity index (χ2v) is 7.67. The summed E-state index contributed by atoms with van der Waals surface area (Å²) in [6, 6.07) is 4.30.